The first-order valence-electron chi connectivity index (χ1n) is 10.2. The average molecular weight is 438 g/mol. The first kappa shape index (κ1) is 20.6. The van der Waals surface area contributed by atoms with Crippen LogP contribution < -0.4 is 0 Å². The van der Waals surface area contributed by atoms with Crippen molar-refractivity contribution in [3.05, 3.63) is 54.0 Å². The van der Waals surface area contributed by atoms with Crippen LogP contribution in [0.15, 0.2) is 52.0 Å². The summed E-state index contributed by atoms with van der Waals surface area (Å²) >= 11 is 0. The van der Waals surface area contributed by atoms with Crippen molar-refractivity contribution in [3.63, 3.8) is 0 Å². The van der Waals surface area contributed by atoms with Crippen molar-refractivity contribution in [2.75, 3.05) is 11.5 Å². The van der Waals surface area contributed by atoms with Crippen LogP contribution in [0.1, 0.15) is 55.8 Å². The molecule has 1 aliphatic carbocycles. The monoisotopic (exact) mass is 437 g/mol. The van der Waals surface area contributed by atoms with Crippen molar-refractivity contribution in [1.29, 1.82) is 0 Å². The second-order valence-corrected chi connectivity index (χ2v) is 12.2. The molecule has 1 saturated heterocycles. The number of benzene rings is 1. The van der Waals surface area contributed by atoms with E-state index in [1.165, 1.54) is 35.4 Å². The van der Waals surface area contributed by atoms with E-state index >= 15 is 0 Å². The largest absolute Gasteiger partial charge is 0.468 e. The van der Waals surface area contributed by atoms with Gasteiger partial charge in [0.1, 0.15) is 5.76 Å². The van der Waals surface area contributed by atoms with Gasteiger partial charge in [0, 0.05) is 6.04 Å². The third kappa shape index (κ3) is 4.59. The Morgan fingerprint density at radius 2 is 1.72 bits per heavy atom. The minimum Gasteiger partial charge on any atom is -0.468 e. The molecule has 8 heteroatoms. The van der Waals surface area contributed by atoms with Gasteiger partial charge >= 0.3 is 0 Å². The molecule has 1 aromatic heterocycles. The number of rotatable bonds is 6. The maximum absolute atomic E-state index is 13.4. The summed E-state index contributed by atoms with van der Waals surface area (Å²) in [5, 5.41) is 0. The summed E-state index contributed by atoms with van der Waals surface area (Å²) in [6.07, 6.45) is 7.81. The molecule has 1 unspecified atom stereocenters. The van der Waals surface area contributed by atoms with E-state index in [4.69, 9.17) is 4.42 Å². The predicted molar refractivity (Wildman–Crippen MR) is 111 cm³/mol. The molecule has 0 spiro atoms. The summed E-state index contributed by atoms with van der Waals surface area (Å²) in [5.74, 6) is 0.867. The zero-order valence-corrected chi connectivity index (χ0v) is 18.0. The highest BCUT2D eigenvalue weighted by Crippen LogP contribution is 2.34. The van der Waals surface area contributed by atoms with E-state index in [-0.39, 0.29) is 22.9 Å². The Balaban J connectivity index is 1.61. The molecule has 1 aromatic carbocycles. The minimum absolute atomic E-state index is 0.0163. The lowest BCUT2D eigenvalue weighted by Gasteiger charge is -2.27. The zero-order valence-electron chi connectivity index (χ0n) is 16.4. The van der Waals surface area contributed by atoms with Gasteiger partial charge in [-0.3, -0.25) is 0 Å². The quantitative estimate of drug-likeness (QED) is 0.688. The molecule has 6 nitrogen and oxygen atoms in total. The average Bonchev–Trinajstić information content (AvgIpc) is 3.36. The summed E-state index contributed by atoms with van der Waals surface area (Å²) in [5.41, 5.74) is 1.18. The van der Waals surface area contributed by atoms with E-state index in [1.54, 1.807) is 24.3 Å². The molecule has 2 aliphatic rings. The maximum Gasteiger partial charge on any atom is 0.243 e. The molecule has 1 saturated carbocycles. The molecular weight excluding hydrogens is 410 g/mol. The Hall–Kier alpha value is -1.64. The SMILES string of the molecule is O=S1(=O)CCC(N(Cc2ccco2)S(=O)(=O)c2ccc(C3CCCCC3)cc2)C1. The van der Waals surface area contributed by atoms with Gasteiger partial charge in [0.25, 0.3) is 0 Å². The topological polar surface area (TPSA) is 84.7 Å². The number of sulfonamides is 1. The first-order chi connectivity index (χ1) is 13.9. The van der Waals surface area contributed by atoms with Gasteiger partial charge in [-0.2, -0.15) is 4.31 Å². The van der Waals surface area contributed by atoms with Crippen LogP contribution >= 0.6 is 0 Å². The number of hydrogen-bond donors (Lipinski definition) is 0. The summed E-state index contributed by atoms with van der Waals surface area (Å²) < 4.78 is 57.5. The fraction of sp³-hybridized carbons (Fsp3) is 0.524. The van der Waals surface area contributed by atoms with Gasteiger partial charge in [0.05, 0.1) is 29.2 Å². The Morgan fingerprint density at radius 3 is 2.31 bits per heavy atom. The number of nitrogens with zero attached hydrogens (tertiary/aromatic N) is 1. The third-order valence-electron chi connectivity index (χ3n) is 6.07. The molecule has 0 bridgehead atoms. The molecule has 1 aliphatic heterocycles. The van der Waals surface area contributed by atoms with Crippen molar-refractivity contribution in [1.82, 2.24) is 4.31 Å². The molecule has 2 aromatic rings. The minimum atomic E-state index is -3.85. The van der Waals surface area contributed by atoms with E-state index in [1.807, 2.05) is 12.1 Å². The van der Waals surface area contributed by atoms with E-state index in [9.17, 15) is 16.8 Å². The van der Waals surface area contributed by atoms with Gasteiger partial charge in [0.2, 0.25) is 10.0 Å². The van der Waals surface area contributed by atoms with Crippen molar-refractivity contribution in [2.45, 2.75) is 61.9 Å². The highest BCUT2D eigenvalue weighted by atomic mass is 32.2. The van der Waals surface area contributed by atoms with Crippen LogP contribution in [0, 0.1) is 0 Å². The van der Waals surface area contributed by atoms with Crippen molar-refractivity contribution in [2.24, 2.45) is 0 Å². The highest BCUT2D eigenvalue weighted by molar-refractivity contribution is 7.92. The lowest BCUT2D eigenvalue weighted by atomic mass is 9.84. The standard InChI is InChI=1S/C21H27NO5S2/c23-28(24)14-12-19(16-28)22(15-20-7-4-13-27-20)29(25,26)21-10-8-18(9-11-21)17-5-2-1-3-6-17/h4,7-11,13,17,19H,1-3,5-6,12,14-16H2. The molecule has 2 fully saturated rings. The molecule has 2 heterocycles. The summed E-state index contributed by atoms with van der Waals surface area (Å²) in [6, 6.07) is 9.99. The molecule has 4 rings (SSSR count). The van der Waals surface area contributed by atoms with Crippen LogP contribution in [0.5, 0.6) is 0 Å². The van der Waals surface area contributed by atoms with Gasteiger partial charge in [-0.1, -0.05) is 31.4 Å². The second kappa shape index (κ2) is 8.24. The summed E-state index contributed by atoms with van der Waals surface area (Å²) in [7, 11) is -7.07. The normalized spacial score (nSPS) is 22.9. The van der Waals surface area contributed by atoms with Crippen LogP contribution in [0.2, 0.25) is 0 Å². The van der Waals surface area contributed by atoms with Gasteiger partial charge in [-0.05, 0) is 55.0 Å². The van der Waals surface area contributed by atoms with Gasteiger partial charge in [-0.25, -0.2) is 16.8 Å². The molecule has 0 amide bonds. The number of sulfone groups is 1. The Labute approximate surface area is 172 Å². The smallest absolute Gasteiger partial charge is 0.243 e. The van der Waals surface area contributed by atoms with Crippen molar-refractivity contribution in [3.8, 4) is 0 Å². The Kier molecular flexibility index (Phi) is 5.86. The van der Waals surface area contributed by atoms with Crippen LogP contribution in [0.25, 0.3) is 0 Å². The van der Waals surface area contributed by atoms with Crippen LogP contribution in [-0.4, -0.2) is 38.7 Å². The van der Waals surface area contributed by atoms with E-state index in [2.05, 4.69) is 0 Å². The van der Waals surface area contributed by atoms with Crippen LogP contribution in [0.3, 0.4) is 0 Å². The molecule has 0 N–H and O–H groups in total. The van der Waals surface area contributed by atoms with E-state index in [0.29, 0.717) is 18.1 Å². The lowest BCUT2D eigenvalue weighted by molar-refractivity contribution is 0.307. The van der Waals surface area contributed by atoms with Crippen molar-refractivity contribution >= 4 is 19.9 Å². The molecule has 29 heavy (non-hydrogen) atoms. The highest BCUT2D eigenvalue weighted by Gasteiger charge is 2.39. The van der Waals surface area contributed by atoms with E-state index < -0.39 is 25.9 Å². The summed E-state index contributed by atoms with van der Waals surface area (Å²) in [4.78, 5) is 0.202. The zero-order chi connectivity index (χ0) is 20.5. The third-order valence-corrected chi connectivity index (χ3v) is 9.73. The number of furan rings is 1. The van der Waals surface area contributed by atoms with Crippen LogP contribution in [-0.2, 0) is 26.4 Å². The lowest BCUT2D eigenvalue weighted by Crippen LogP contribution is -2.40. The van der Waals surface area contributed by atoms with E-state index in [0.717, 1.165) is 12.8 Å². The second-order valence-electron chi connectivity index (χ2n) is 8.09. The first-order valence-corrected chi connectivity index (χ1v) is 13.5. The molecule has 1 atom stereocenters. The Bertz CT molecular complexity index is 1020. The van der Waals surface area contributed by atoms with Gasteiger partial charge in [0.15, 0.2) is 9.84 Å². The fourth-order valence-corrected chi connectivity index (χ4v) is 7.90. The van der Waals surface area contributed by atoms with Gasteiger partial charge in [-0.15, -0.1) is 0 Å². The summed E-state index contributed by atoms with van der Waals surface area (Å²) in [6.45, 7) is 0.0277. The maximum atomic E-state index is 13.4. The molecular formula is C21H27NO5S2. The van der Waals surface area contributed by atoms with Crippen LogP contribution in [0.4, 0.5) is 0 Å². The van der Waals surface area contributed by atoms with Gasteiger partial charge < -0.3 is 4.42 Å². The predicted octanol–water partition coefficient (Wildman–Crippen LogP) is 3.71. The molecule has 158 valence electrons. The molecule has 0 radical (unpaired) electrons. The Morgan fingerprint density at radius 1 is 1.00 bits per heavy atom. The number of hydrogen-bond acceptors (Lipinski definition) is 5. The van der Waals surface area contributed by atoms with Crippen molar-refractivity contribution < 1.29 is 21.3 Å². The fourth-order valence-electron chi connectivity index (χ4n) is 4.45.